The Morgan fingerprint density at radius 3 is 2.48 bits per heavy atom. The Morgan fingerprint density at radius 1 is 0.978 bits per heavy atom. The fourth-order valence-electron chi connectivity index (χ4n) is 4.91. The van der Waals surface area contributed by atoms with Crippen LogP contribution in [0.5, 0.6) is 5.75 Å². The van der Waals surface area contributed by atoms with E-state index in [1.807, 2.05) is 114 Å². The number of amides is 2. The van der Waals surface area contributed by atoms with Crippen LogP contribution in [-0.4, -0.2) is 93.2 Å². The molecule has 2 N–H and O–H groups in total. The second-order valence-corrected chi connectivity index (χ2v) is 13.5. The van der Waals surface area contributed by atoms with Crippen molar-refractivity contribution in [1.82, 2.24) is 14.7 Å². The highest BCUT2D eigenvalue weighted by molar-refractivity contribution is 8.19. The third-order valence-corrected chi connectivity index (χ3v) is 9.61. The number of anilines is 3. The van der Waals surface area contributed by atoms with E-state index in [1.165, 1.54) is 11.8 Å². The summed E-state index contributed by atoms with van der Waals surface area (Å²) in [6.07, 6.45) is 0. The van der Waals surface area contributed by atoms with Gasteiger partial charge in [0.2, 0.25) is 5.91 Å². The van der Waals surface area contributed by atoms with Crippen LogP contribution in [-0.2, 0) is 16.1 Å². The fraction of sp³-hybridized carbons (Fsp3) is 0.324. The Bertz CT molecular complexity index is 1640. The number of carbonyl (C=O) groups excluding carboxylic acids is 2. The van der Waals surface area contributed by atoms with E-state index in [1.54, 1.807) is 16.7 Å². The van der Waals surface area contributed by atoms with Crippen LogP contribution in [0.15, 0.2) is 86.6 Å². The van der Waals surface area contributed by atoms with Gasteiger partial charge in [-0.15, -0.1) is 0 Å². The topological polar surface area (TPSA) is 92.7 Å². The number of amidine groups is 1. The summed E-state index contributed by atoms with van der Waals surface area (Å²) in [7, 11) is 9.71. The van der Waals surface area contributed by atoms with Crippen LogP contribution in [0.25, 0.3) is 0 Å². The first kappa shape index (κ1) is 33.4. The predicted molar refractivity (Wildman–Crippen MR) is 191 cm³/mol. The third-order valence-electron chi connectivity index (χ3n) is 7.18. The maximum Gasteiger partial charge on any atom is 0.269 e. The van der Waals surface area contributed by atoms with Gasteiger partial charge in [0.1, 0.15) is 17.3 Å². The molecule has 0 saturated carbocycles. The molecule has 0 radical (unpaired) electrons. The van der Waals surface area contributed by atoms with Crippen LogP contribution in [0.2, 0.25) is 0 Å². The quantitative estimate of drug-likeness (QED) is 0.237. The van der Waals surface area contributed by atoms with E-state index in [0.717, 1.165) is 45.7 Å². The Kier molecular flexibility index (Phi) is 10.9. The number of rotatable bonds is 12. The number of aliphatic imine (C=N–C) groups is 1. The zero-order valence-electron chi connectivity index (χ0n) is 27.2. The van der Waals surface area contributed by atoms with Crippen molar-refractivity contribution in [1.29, 1.82) is 0 Å². The molecule has 3 aromatic carbocycles. The van der Waals surface area contributed by atoms with Crippen molar-refractivity contribution in [3.63, 3.8) is 0 Å². The monoisotopic (exact) mass is 659 g/mol. The van der Waals surface area contributed by atoms with Gasteiger partial charge in [0, 0.05) is 36.8 Å². The maximum absolute atomic E-state index is 14.2. The Hall–Kier alpha value is -3.97. The molecule has 1 fully saturated rings. The molecule has 46 heavy (non-hydrogen) atoms. The molecule has 5 rings (SSSR count). The number of nitrogens with zero attached hydrogens (tertiary/aromatic N) is 5. The van der Waals surface area contributed by atoms with Crippen molar-refractivity contribution < 1.29 is 14.3 Å². The zero-order chi connectivity index (χ0) is 32.8. The highest BCUT2D eigenvalue weighted by Gasteiger charge is 2.39. The molecule has 2 amide bonds. The molecule has 0 aromatic heterocycles. The summed E-state index contributed by atoms with van der Waals surface area (Å²) in [5.41, 5.74) is 4.01. The minimum Gasteiger partial charge on any atom is -0.492 e. The number of fused-ring (bicyclic) bond motifs is 1. The van der Waals surface area contributed by atoms with Gasteiger partial charge in [0.25, 0.3) is 5.91 Å². The van der Waals surface area contributed by atoms with E-state index < -0.39 is 0 Å². The molecular formula is C34H41N7O3S2. The van der Waals surface area contributed by atoms with Crippen molar-refractivity contribution in [2.24, 2.45) is 4.99 Å². The van der Waals surface area contributed by atoms with Crippen LogP contribution in [0.4, 0.5) is 22.7 Å². The molecule has 2 aliphatic heterocycles. The molecule has 10 nitrogen and oxygen atoms in total. The van der Waals surface area contributed by atoms with Gasteiger partial charge in [-0.25, -0.2) is 4.99 Å². The number of carbonyl (C=O) groups is 2. The van der Waals surface area contributed by atoms with Crippen LogP contribution in [0, 0.1) is 0 Å². The number of hydrogen-bond donors (Lipinski definition) is 2. The number of benzene rings is 3. The van der Waals surface area contributed by atoms with Crippen LogP contribution < -0.4 is 20.3 Å². The second-order valence-electron chi connectivity index (χ2n) is 11.5. The number of ether oxygens (including phenoxy) is 1. The zero-order valence-corrected chi connectivity index (χ0v) is 28.8. The summed E-state index contributed by atoms with van der Waals surface area (Å²) >= 11 is 2.93. The Balaban J connectivity index is 1.51. The first-order chi connectivity index (χ1) is 22.1. The van der Waals surface area contributed by atoms with Gasteiger partial charge in [0.15, 0.2) is 5.17 Å². The lowest BCUT2D eigenvalue weighted by atomic mass is 10.2. The standard InChI is InChI=1S/C34H41N7O3S2/c1-7-35-24-13-15-26(36-30(42)22-39(4)5)27(19-24)37-34-41(21-23-11-9-8-10-12-23)32(43)31(46-34)33-40(6)28-20-25(14-16-29(28)45-33)44-18-17-38(2)3/h8-16,19-20,35H,7,17-18,21-22H2,1-6H3,(H,36,42). The lowest BCUT2D eigenvalue weighted by Crippen LogP contribution is -2.29. The summed E-state index contributed by atoms with van der Waals surface area (Å²) in [6, 6.07) is 21.6. The van der Waals surface area contributed by atoms with Crippen molar-refractivity contribution in [2.45, 2.75) is 18.4 Å². The summed E-state index contributed by atoms with van der Waals surface area (Å²) in [5, 5.41) is 7.73. The first-order valence-corrected chi connectivity index (χ1v) is 16.8. The van der Waals surface area contributed by atoms with Crippen molar-refractivity contribution in [3.8, 4) is 5.75 Å². The first-order valence-electron chi connectivity index (χ1n) is 15.1. The lowest BCUT2D eigenvalue weighted by molar-refractivity contribution is -0.122. The summed E-state index contributed by atoms with van der Waals surface area (Å²) in [6.45, 7) is 4.77. The van der Waals surface area contributed by atoms with E-state index in [4.69, 9.17) is 9.73 Å². The second kappa shape index (κ2) is 15.1. The number of nitrogens with one attached hydrogen (secondary N) is 2. The van der Waals surface area contributed by atoms with E-state index in [2.05, 4.69) is 20.4 Å². The average molecular weight is 660 g/mol. The predicted octanol–water partition coefficient (Wildman–Crippen LogP) is 5.73. The smallest absolute Gasteiger partial charge is 0.269 e. The van der Waals surface area contributed by atoms with Gasteiger partial charge in [0.05, 0.1) is 35.2 Å². The van der Waals surface area contributed by atoms with Gasteiger partial charge < -0.3 is 30.1 Å². The van der Waals surface area contributed by atoms with Crippen LogP contribution >= 0.6 is 23.5 Å². The third kappa shape index (κ3) is 8.05. The highest BCUT2D eigenvalue weighted by Crippen LogP contribution is 2.51. The molecule has 3 aromatic rings. The van der Waals surface area contributed by atoms with Crippen LogP contribution in [0.3, 0.4) is 0 Å². The molecule has 1 saturated heterocycles. The van der Waals surface area contributed by atoms with Gasteiger partial charge in [-0.1, -0.05) is 42.1 Å². The van der Waals surface area contributed by atoms with E-state index >= 15 is 0 Å². The normalized spacial score (nSPS) is 17.0. The molecule has 12 heteroatoms. The minimum atomic E-state index is -0.145. The SMILES string of the molecule is CCNc1ccc(NC(=O)CN(C)C)c(N=C2SC(=C3Sc4ccc(OCCN(C)C)cc4N3C)C(=O)N2Cc2ccccc2)c1. The van der Waals surface area contributed by atoms with E-state index in [9.17, 15) is 9.59 Å². The van der Waals surface area contributed by atoms with Crippen LogP contribution in [0.1, 0.15) is 12.5 Å². The lowest BCUT2D eigenvalue weighted by Gasteiger charge is -2.18. The van der Waals surface area contributed by atoms with E-state index in [0.29, 0.717) is 34.6 Å². The average Bonchev–Trinajstić information content (AvgIpc) is 3.49. The summed E-state index contributed by atoms with van der Waals surface area (Å²) < 4.78 is 5.99. The van der Waals surface area contributed by atoms with E-state index in [-0.39, 0.29) is 18.4 Å². The number of thioether (sulfide) groups is 2. The molecule has 2 heterocycles. The van der Waals surface area contributed by atoms with Gasteiger partial charge in [-0.3, -0.25) is 14.5 Å². The number of likely N-dealkylation sites (N-methyl/N-ethyl adjacent to an activating group) is 2. The Labute approximate surface area is 279 Å². The summed E-state index contributed by atoms with van der Waals surface area (Å²) in [5.74, 6) is 0.536. The Morgan fingerprint density at radius 2 is 1.76 bits per heavy atom. The highest BCUT2D eigenvalue weighted by atomic mass is 32.2. The van der Waals surface area contributed by atoms with Gasteiger partial charge >= 0.3 is 0 Å². The number of hydrogen-bond acceptors (Lipinski definition) is 10. The summed E-state index contributed by atoms with van der Waals surface area (Å²) in [4.78, 5) is 41.4. The molecule has 0 unspecified atom stereocenters. The molecule has 2 aliphatic rings. The van der Waals surface area contributed by atoms with Crippen molar-refractivity contribution >= 4 is 63.3 Å². The molecule has 0 bridgehead atoms. The van der Waals surface area contributed by atoms with Gasteiger partial charge in [-0.2, -0.15) is 0 Å². The fourth-order valence-corrected chi connectivity index (χ4v) is 7.23. The molecule has 0 aliphatic carbocycles. The molecule has 242 valence electrons. The molecular weight excluding hydrogens is 619 g/mol. The maximum atomic E-state index is 14.2. The molecule has 0 spiro atoms. The largest absolute Gasteiger partial charge is 0.492 e. The molecule has 0 atom stereocenters. The van der Waals surface area contributed by atoms with Crippen molar-refractivity contribution in [2.75, 3.05) is 77.0 Å². The van der Waals surface area contributed by atoms with Gasteiger partial charge in [-0.05, 0) is 82.8 Å². The van der Waals surface area contributed by atoms with Crippen molar-refractivity contribution in [3.05, 3.63) is 82.2 Å². The minimum absolute atomic E-state index is 0.113.